The van der Waals surface area contributed by atoms with Gasteiger partial charge in [-0.1, -0.05) is 19.1 Å². The summed E-state index contributed by atoms with van der Waals surface area (Å²) in [6.45, 7) is 2.14. The lowest BCUT2D eigenvalue weighted by atomic mass is 10.2. The van der Waals surface area contributed by atoms with E-state index in [9.17, 15) is 0 Å². The first kappa shape index (κ1) is 12.0. The molecule has 14 heavy (non-hydrogen) atoms. The average Bonchev–Trinajstić information content (AvgIpc) is 2.25. The van der Waals surface area contributed by atoms with Crippen LogP contribution >= 0.6 is 26.9 Å². The zero-order valence-corrected chi connectivity index (χ0v) is 10.9. The van der Waals surface area contributed by atoms with Crippen LogP contribution in [0, 0.1) is 0 Å². The van der Waals surface area contributed by atoms with Crippen molar-refractivity contribution >= 4 is 26.9 Å². The van der Waals surface area contributed by atoms with E-state index < -0.39 is 0 Å². The highest BCUT2D eigenvalue weighted by Crippen LogP contribution is 2.21. The fourth-order valence-electron chi connectivity index (χ4n) is 0.924. The predicted octanol–water partition coefficient (Wildman–Crippen LogP) is 3.56. The minimum Gasteiger partial charge on any atom is -0.460 e. The second kappa shape index (κ2) is 7.26. The van der Waals surface area contributed by atoms with Gasteiger partial charge in [0.2, 0.25) is 0 Å². The number of hydrogen-bond donors (Lipinski definition) is 1. The van der Waals surface area contributed by atoms with E-state index in [2.05, 4.69) is 37.8 Å². The monoisotopic (exact) mass is 246 g/mol. The molecule has 0 fully saturated rings. The van der Waals surface area contributed by atoms with Crippen molar-refractivity contribution in [3.63, 3.8) is 0 Å². The van der Waals surface area contributed by atoms with E-state index in [1.165, 1.54) is 5.56 Å². The second-order valence-corrected chi connectivity index (χ2v) is 4.96. The number of hydrogen-bond acceptors (Lipinski definition) is 2. The third-order valence-electron chi connectivity index (χ3n) is 1.65. The van der Waals surface area contributed by atoms with Crippen molar-refractivity contribution < 1.29 is 4.52 Å². The lowest BCUT2D eigenvalue weighted by molar-refractivity contribution is 0.628. The minimum absolute atomic E-state index is 0.244. The number of benzene rings is 1. The third kappa shape index (κ3) is 4.44. The summed E-state index contributed by atoms with van der Waals surface area (Å²) in [4.78, 5) is 3.00. The molecule has 0 saturated carbocycles. The van der Waals surface area contributed by atoms with Gasteiger partial charge in [0.25, 0.3) is 0 Å². The predicted molar refractivity (Wildman–Crippen MR) is 67.0 cm³/mol. The minimum atomic E-state index is 0.244. The van der Waals surface area contributed by atoms with E-state index in [0.29, 0.717) is 0 Å². The standard InChI is InChI=1S/C8H13N2OP3/c1-2-7-3-5-8(6-4-7)11-14-10-13-9-12/h3-6,14H,2,12H2,1H3,(H,9,10). The van der Waals surface area contributed by atoms with Gasteiger partial charge in [0.15, 0.2) is 8.96 Å². The normalized spacial score (nSPS) is 11.6. The molecule has 1 aromatic rings. The Bertz CT molecular complexity index is 289. The zero-order chi connectivity index (χ0) is 10.2. The Balaban J connectivity index is 2.36. The lowest BCUT2D eigenvalue weighted by Crippen LogP contribution is -1.86. The maximum atomic E-state index is 5.45. The number of aryl methyl sites for hydroxylation is 1. The molecule has 0 spiro atoms. The summed E-state index contributed by atoms with van der Waals surface area (Å²) < 4.78 is 9.25. The van der Waals surface area contributed by atoms with Crippen molar-refractivity contribution in [2.45, 2.75) is 13.3 Å². The van der Waals surface area contributed by atoms with E-state index >= 15 is 0 Å². The van der Waals surface area contributed by atoms with Gasteiger partial charge in [0.1, 0.15) is 14.3 Å². The summed E-state index contributed by atoms with van der Waals surface area (Å²) in [7, 11) is 3.36. The molecule has 0 heterocycles. The molecule has 0 radical (unpaired) electrons. The molecule has 0 aliphatic rings. The fraction of sp³-hybridized carbons (Fsp3) is 0.250. The van der Waals surface area contributed by atoms with Crippen LogP contribution in [-0.4, -0.2) is 0 Å². The van der Waals surface area contributed by atoms with Crippen LogP contribution in [-0.2, 0) is 6.42 Å². The van der Waals surface area contributed by atoms with Gasteiger partial charge in [-0.05, 0) is 33.5 Å². The molecule has 1 rings (SSSR count). The van der Waals surface area contributed by atoms with Crippen LogP contribution in [0.2, 0.25) is 0 Å². The number of nitrogens with one attached hydrogen (secondary N) is 1. The molecule has 0 aliphatic carbocycles. The SMILES string of the molecule is CCc1ccc(OPNP=NP)cc1. The average molecular weight is 246 g/mol. The van der Waals surface area contributed by atoms with Crippen molar-refractivity contribution in [3.05, 3.63) is 29.8 Å². The topological polar surface area (TPSA) is 33.6 Å². The third-order valence-corrected chi connectivity index (χ3v) is 3.22. The van der Waals surface area contributed by atoms with E-state index in [-0.39, 0.29) is 8.96 Å². The van der Waals surface area contributed by atoms with Crippen molar-refractivity contribution in [1.82, 2.24) is 4.86 Å². The van der Waals surface area contributed by atoms with Crippen LogP contribution in [0.15, 0.2) is 28.8 Å². The van der Waals surface area contributed by atoms with Gasteiger partial charge in [0, 0.05) is 0 Å². The highest BCUT2D eigenvalue weighted by atomic mass is 31.1. The summed E-state index contributed by atoms with van der Waals surface area (Å²) in [5.41, 5.74) is 1.33. The quantitative estimate of drug-likeness (QED) is 0.636. The summed E-state index contributed by atoms with van der Waals surface area (Å²) in [5.74, 6) is 0.895. The van der Waals surface area contributed by atoms with Crippen molar-refractivity contribution in [1.29, 1.82) is 0 Å². The summed E-state index contributed by atoms with van der Waals surface area (Å²) in [6, 6.07) is 8.14. The number of rotatable bonds is 5. The second-order valence-electron chi connectivity index (χ2n) is 2.53. The van der Waals surface area contributed by atoms with Gasteiger partial charge in [-0.25, -0.2) is 9.37 Å². The summed E-state index contributed by atoms with van der Waals surface area (Å²) in [6.07, 6.45) is 1.06. The Hall–Kier alpha value is -0.0600. The maximum Gasteiger partial charge on any atom is 0.155 e. The zero-order valence-electron chi connectivity index (χ0n) is 7.90. The van der Waals surface area contributed by atoms with Gasteiger partial charge in [-0.15, -0.1) is 0 Å². The van der Waals surface area contributed by atoms with Gasteiger partial charge >= 0.3 is 0 Å². The molecular weight excluding hydrogens is 233 g/mol. The molecule has 2 unspecified atom stereocenters. The Kier molecular flexibility index (Phi) is 6.23. The molecule has 0 aromatic heterocycles. The maximum absolute atomic E-state index is 5.45. The van der Waals surface area contributed by atoms with E-state index in [1.807, 2.05) is 12.1 Å². The van der Waals surface area contributed by atoms with Crippen molar-refractivity contribution in [2.24, 2.45) is 4.52 Å². The van der Waals surface area contributed by atoms with Crippen molar-refractivity contribution in [2.75, 3.05) is 0 Å². The molecular formula is C8H13N2OP3. The smallest absolute Gasteiger partial charge is 0.155 e. The fourth-order valence-corrected chi connectivity index (χ4v) is 2.27. The first-order chi connectivity index (χ1) is 6.86. The highest BCUT2D eigenvalue weighted by molar-refractivity contribution is 7.46. The lowest BCUT2D eigenvalue weighted by Gasteiger charge is -2.04. The Morgan fingerprint density at radius 1 is 1.50 bits per heavy atom. The Morgan fingerprint density at radius 2 is 2.21 bits per heavy atom. The molecule has 1 N–H and O–H groups in total. The molecule has 3 nitrogen and oxygen atoms in total. The first-order valence-electron chi connectivity index (χ1n) is 4.22. The molecule has 2 atom stereocenters. The molecule has 1 aromatic carbocycles. The van der Waals surface area contributed by atoms with Crippen LogP contribution in [0.5, 0.6) is 5.75 Å². The number of nitrogens with zero attached hydrogens (tertiary/aromatic N) is 1. The van der Waals surface area contributed by atoms with E-state index in [1.54, 1.807) is 0 Å². The van der Waals surface area contributed by atoms with Gasteiger partial charge < -0.3 is 4.52 Å². The van der Waals surface area contributed by atoms with Gasteiger partial charge in [-0.3, -0.25) is 0 Å². The molecule has 0 aliphatic heterocycles. The van der Waals surface area contributed by atoms with E-state index in [4.69, 9.17) is 4.52 Å². The van der Waals surface area contributed by atoms with Gasteiger partial charge in [-0.2, -0.15) is 0 Å². The van der Waals surface area contributed by atoms with Crippen molar-refractivity contribution in [3.8, 4) is 5.75 Å². The van der Waals surface area contributed by atoms with Crippen LogP contribution < -0.4 is 9.38 Å². The molecule has 0 amide bonds. The molecule has 0 saturated heterocycles. The van der Waals surface area contributed by atoms with Crippen LogP contribution in [0.3, 0.4) is 0 Å². The summed E-state index contributed by atoms with van der Waals surface area (Å²) >= 11 is 0. The van der Waals surface area contributed by atoms with Crippen LogP contribution in [0.1, 0.15) is 12.5 Å². The van der Waals surface area contributed by atoms with Crippen LogP contribution in [0.25, 0.3) is 0 Å². The van der Waals surface area contributed by atoms with E-state index in [0.717, 1.165) is 20.7 Å². The largest absolute Gasteiger partial charge is 0.460 e. The molecule has 76 valence electrons. The Labute approximate surface area is 90.1 Å². The van der Waals surface area contributed by atoms with Crippen LogP contribution in [0.4, 0.5) is 0 Å². The molecule has 0 bridgehead atoms. The Morgan fingerprint density at radius 3 is 2.79 bits per heavy atom. The first-order valence-corrected chi connectivity index (χ1v) is 6.49. The highest BCUT2D eigenvalue weighted by Gasteiger charge is 1.92. The summed E-state index contributed by atoms with van der Waals surface area (Å²) in [5, 5.41) is 0. The molecule has 6 heteroatoms. The van der Waals surface area contributed by atoms with Gasteiger partial charge in [0.05, 0.1) is 0 Å².